The van der Waals surface area contributed by atoms with Crippen molar-refractivity contribution in [1.29, 1.82) is 0 Å². The lowest BCUT2D eigenvalue weighted by Crippen LogP contribution is -2.49. The Morgan fingerprint density at radius 1 is 1.10 bits per heavy atom. The van der Waals surface area contributed by atoms with Gasteiger partial charge in [0.25, 0.3) is 5.56 Å². The Hall–Kier alpha value is -3.26. The molecule has 8 heteroatoms. The van der Waals surface area contributed by atoms with E-state index in [-0.39, 0.29) is 5.56 Å². The van der Waals surface area contributed by atoms with Crippen LogP contribution in [-0.4, -0.2) is 49.7 Å². The normalized spacial score (nSPS) is 17.3. The molecule has 0 radical (unpaired) electrons. The van der Waals surface area contributed by atoms with Crippen LogP contribution < -0.4 is 15.8 Å². The van der Waals surface area contributed by atoms with Crippen molar-refractivity contribution in [1.82, 2.24) is 29.3 Å². The molecule has 29 heavy (non-hydrogen) atoms. The molecule has 0 spiro atoms. The average molecular weight is 389 g/mol. The summed E-state index contributed by atoms with van der Waals surface area (Å²) in [7, 11) is 0. The van der Waals surface area contributed by atoms with Gasteiger partial charge in [-0.3, -0.25) is 14.2 Å². The molecule has 1 saturated heterocycles. The molecule has 5 rings (SSSR count). The molecule has 4 aromatic heterocycles. The van der Waals surface area contributed by atoms with E-state index in [1.54, 1.807) is 15.0 Å². The second-order valence-electron chi connectivity index (χ2n) is 7.72. The van der Waals surface area contributed by atoms with Gasteiger partial charge in [-0.15, -0.1) is 0 Å². The molecule has 8 nitrogen and oxygen atoms in total. The monoisotopic (exact) mass is 389 g/mol. The van der Waals surface area contributed by atoms with Crippen molar-refractivity contribution >= 4 is 16.9 Å². The Labute approximate surface area is 167 Å². The van der Waals surface area contributed by atoms with E-state index >= 15 is 0 Å². The molecule has 5 heterocycles. The van der Waals surface area contributed by atoms with Crippen molar-refractivity contribution < 1.29 is 0 Å². The molecule has 0 aliphatic carbocycles. The molecule has 0 amide bonds. The fourth-order valence-electron chi connectivity index (χ4n) is 3.99. The number of nitrogens with zero attached hydrogens (tertiary/aromatic N) is 6. The van der Waals surface area contributed by atoms with Crippen molar-refractivity contribution in [3.05, 3.63) is 58.4 Å². The van der Waals surface area contributed by atoms with Crippen LogP contribution in [0.2, 0.25) is 0 Å². The van der Waals surface area contributed by atoms with E-state index in [2.05, 4.69) is 27.2 Å². The van der Waals surface area contributed by atoms with Gasteiger partial charge in [0.1, 0.15) is 11.3 Å². The quantitative estimate of drug-likeness (QED) is 0.563. The van der Waals surface area contributed by atoms with Gasteiger partial charge in [0.15, 0.2) is 0 Å². The van der Waals surface area contributed by atoms with Gasteiger partial charge in [-0.05, 0) is 39.0 Å². The maximum absolute atomic E-state index is 12.9. The van der Waals surface area contributed by atoms with Gasteiger partial charge in [-0.1, -0.05) is 0 Å². The number of fused-ring (bicyclic) bond motifs is 2. The van der Waals surface area contributed by atoms with Crippen LogP contribution in [0.25, 0.3) is 22.6 Å². The first kappa shape index (κ1) is 17.8. The number of anilines is 1. The van der Waals surface area contributed by atoms with Crippen LogP contribution in [0.3, 0.4) is 0 Å². The van der Waals surface area contributed by atoms with Gasteiger partial charge in [-0.2, -0.15) is 5.10 Å². The van der Waals surface area contributed by atoms with Gasteiger partial charge in [0, 0.05) is 37.9 Å². The Balaban J connectivity index is 1.57. The number of piperazine rings is 1. The van der Waals surface area contributed by atoms with Crippen LogP contribution in [-0.2, 0) is 0 Å². The van der Waals surface area contributed by atoms with E-state index in [9.17, 15) is 4.79 Å². The molecular formula is C21H23N7O. The Morgan fingerprint density at radius 2 is 1.97 bits per heavy atom. The van der Waals surface area contributed by atoms with Gasteiger partial charge in [0.2, 0.25) is 0 Å². The van der Waals surface area contributed by atoms with E-state index < -0.39 is 0 Å². The largest absolute Gasteiger partial charge is 0.368 e. The number of hydrogen-bond acceptors (Lipinski definition) is 6. The zero-order chi connectivity index (χ0) is 20.1. The van der Waals surface area contributed by atoms with Gasteiger partial charge in [-0.25, -0.2) is 9.50 Å². The summed E-state index contributed by atoms with van der Waals surface area (Å²) < 4.78 is 3.41. The lowest BCUT2D eigenvalue weighted by atomic mass is 10.2. The highest BCUT2D eigenvalue weighted by atomic mass is 16.1. The highest BCUT2D eigenvalue weighted by molar-refractivity contribution is 5.66. The number of nitrogens with one attached hydrogen (secondary N) is 1. The Kier molecular flexibility index (Phi) is 4.09. The smallest absolute Gasteiger partial charge is 0.258 e. The van der Waals surface area contributed by atoms with Crippen LogP contribution in [0.5, 0.6) is 0 Å². The predicted octanol–water partition coefficient (Wildman–Crippen LogP) is 1.82. The first-order valence-electron chi connectivity index (χ1n) is 9.84. The second-order valence-corrected chi connectivity index (χ2v) is 7.72. The maximum atomic E-state index is 12.9. The van der Waals surface area contributed by atoms with Crippen LogP contribution in [0, 0.1) is 13.8 Å². The Morgan fingerprint density at radius 3 is 2.79 bits per heavy atom. The van der Waals surface area contributed by atoms with Crippen LogP contribution >= 0.6 is 0 Å². The van der Waals surface area contributed by atoms with Crippen molar-refractivity contribution in [2.75, 3.05) is 24.5 Å². The molecule has 1 aliphatic rings. The van der Waals surface area contributed by atoms with E-state index in [4.69, 9.17) is 4.98 Å². The van der Waals surface area contributed by atoms with Crippen LogP contribution in [0.1, 0.15) is 18.3 Å². The van der Waals surface area contributed by atoms with Crippen molar-refractivity contribution in [2.24, 2.45) is 0 Å². The molecule has 1 atom stereocenters. The van der Waals surface area contributed by atoms with Crippen molar-refractivity contribution in [3.63, 3.8) is 0 Å². The van der Waals surface area contributed by atoms with Gasteiger partial charge in [0.05, 0.1) is 34.5 Å². The molecular weight excluding hydrogens is 366 g/mol. The molecule has 1 aliphatic heterocycles. The molecule has 0 saturated carbocycles. The molecule has 148 valence electrons. The van der Waals surface area contributed by atoms with Gasteiger partial charge < -0.3 is 10.2 Å². The third kappa shape index (κ3) is 3.15. The minimum absolute atomic E-state index is 0.113. The SMILES string of the molecule is Cc1cn2nc(-c3cc(=O)n4cc(N5CCNC(C)C5)ccc4n3)cc2c(C)n1. The number of hydrogen-bond donors (Lipinski definition) is 1. The zero-order valence-corrected chi connectivity index (χ0v) is 16.8. The number of aromatic nitrogens is 5. The lowest BCUT2D eigenvalue weighted by molar-refractivity contribution is 0.484. The third-order valence-electron chi connectivity index (χ3n) is 5.40. The zero-order valence-electron chi connectivity index (χ0n) is 16.8. The Bertz CT molecular complexity index is 1290. The van der Waals surface area contributed by atoms with E-state index in [1.807, 2.05) is 44.4 Å². The standard InChI is InChI=1S/C21H23N7O/c1-13-10-26(7-6-22-13)16-4-5-20-24-17(9-21(29)27(20)12-16)18-8-19-15(3)23-14(2)11-28(19)25-18/h4-5,8-9,11-13,22H,6-7,10H2,1-3H3. The molecule has 4 aromatic rings. The minimum Gasteiger partial charge on any atom is -0.368 e. The maximum Gasteiger partial charge on any atom is 0.258 e. The van der Waals surface area contributed by atoms with Crippen LogP contribution in [0.4, 0.5) is 5.69 Å². The first-order valence-corrected chi connectivity index (χ1v) is 9.84. The summed E-state index contributed by atoms with van der Waals surface area (Å²) in [6.45, 7) is 8.83. The van der Waals surface area contributed by atoms with Crippen molar-refractivity contribution in [3.8, 4) is 11.4 Å². The summed E-state index contributed by atoms with van der Waals surface area (Å²) >= 11 is 0. The third-order valence-corrected chi connectivity index (χ3v) is 5.40. The predicted molar refractivity (Wildman–Crippen MR) is 113 cm³/mol. The topological polar surface area (TPSA) is 79.8 Å². The first-order chi connectivity index (χ1) is 14.0. The summed E-state index contributed by atoms with van der Waals surface area (Å²) in [5, 5.41) is 8.04. The average Bonchev–Trinajstić information content (AvgIpc) is 3.12. The minimum atomic E-state index is -0.113. The molecule has 0 bridgehead atoms. The van der Waals surface area contributed by atoms with E-state index in [0.717, 1.165) is 42.2 Å². The number of rotatable bonds is 2. The molecule has 1 N–H and O–H groups in total. The highest BCUT2D eigenvalue weighted by Gasteiger charge is 2.17. The summed E-state index contributed by atoms with van der Waals surface area (Å²) in [4.78, 5) is 24.3. The highest BCUT2D eigenvalue weighted by Crippen LogP contribution is 2.21. The fraction of sp³-hybridized carbons (Fsp3) is 0.333. The number of aryl methyl sites for hydroxylation is 2. The number of pyridine rings is 1. The molecule has 0 aromatic carbocycles. The fourth-order valence-corrected chi connectivity index (χ4v) is 3.99. The molecule has 1 unspecified atom stereocenters. The summed E-state index contributed by atoms with van der Waals surface area (Å²) in [5.41, 5.74) is 5.48. The van der Waals surface area contributed by atoms with E-state index in [1.165, 1.54) is 0 Å². The van der Waals surface area contributed by atoms with Crippen molar-refractivity contribution in [2.45, 2.75) is 26.8 Å². The summed E-state index contributed by atoms with van der Waals surface area (Å²) in [6, 6.07) is 7.84. The summed E-state index contributed by atoms with van der Waals surface area (Å²) in [5.74, 6) is 0. The second kappa shape index (κ2) is 6.66. The lowest BCUT2D eigenvalue weighted by Gasteiger charge is -2.33. The summed E-state index contributed by atoms with van der Waals surface area (Å²) in [6.07, 6.45) is 3.76. The van der Waals surface area contributed by atoms with Crippen LogP contribution in [0.15, 0.2) is 41.5 Å². The molecule has 1 fully saturated rings. The van der Waals surface area contributed by atoms with E-state index in [0.29, 0.717) is 23.1 Å². The van der Waals surface area contributed by atoms with Gasteiger partial charge >= 0.3 is 0 Å².